The average molecular weight is 340 g/mol. The van der Waals surface area contributed by atoms with Crippen LogP contribution in [0.1, 0.15) is 29.6 Å². The van der Waals surface area contributed by atoms with Crippen molar-refractivity contribution in [3.8, 4) is 11.5 Å². The molecule has 25 heavy (non-hydrogen) atoms. The molecule has 132 valence electrons. The van der Waals surface area contributed by atoms with E-state index in [-0.39, 0.29) is 5.91 Å². The lowest BCUT2D eigenvalue weighted by molar-refractivity contribution is 0.102. The molecule has 1 saturated heterocycles. The van der Waals surface area contributed by atoms with E-state index in [0.717, 1.165) is 18.8 Å². The molecule has 1 fully saturated rings. The van der Waals surface area contributed by atoms with Crippen LogP contribution in [0.3, 0.4) is 0 Å². The summed E-state index contributed by atoms with van der Waals surface area (Å²) in [6.45, 7) is 2.21. The van der Waals surface area contributed by atoms with E-state index in [9.17, 15) is 4.79 Å². The predicted octanol–water partition coefficient (Wildman–Crippen LogP) is 3.95. The van der Waals surface area contributed by atoms with E-state index in [1.54, 1.807) is 32.4 Å². The standard InChI is InChI=1S/C20H24N2O3/c1-24-17-10-11-18(19(14-17)25-2)20(23)21-15-6-8-16(9-7-15)22-12-4-3-5-13-22/h6-11,14H,3-5,12-13H2,1-2H3,(H,21,23). The van der Waals surface area contributed by atoms with Crippen molar-refractivity contribution in [2.24, 2.45) is 0 Å². The fraction of sp³-hybridized carbons (Fsp3) is 0.350. The van der Waals surface area contributed by atoms with Crippen LogP contribution in [0.5, 0.6) is 11.5 Å². The average Bonchev–Trinajstić information content (AvgIpc) is 2.68. The number of nitrogens with one attached hydrogen (secondary N) is 1. The highest BCUT2D eigenvalue weighted by Gasteiger charge is 2.14. The second-order valence-electron chi connectivity index (χ2n) is 6.11. The van der Waals surface area contributed by atoms with Gasteiger partial charge in [-0.25, -0.2) is 0 Å². The zero-order chi connectivity index (χ0) is 17.6. The van der Waals surface area contributed by atoms with Crippen LogP contribution in [-0.2, 0) is 0 Å². The molecular weight excluding hydrogens is 316 g/mol. The zero-order valence-corrected chi connectivity index (χ0v) is 14.7. The van der Waals surface area contributed by atoms with E-state index in [0.29, 0.717) is 17.1 Å². The van der Waals surface area contributed by atoms with Gasteiger partial charge in [-0.1, -0.05) is 0 Å². The van der Waals surface area contributed by atoms with Crippen LogP contribution in [0.15, 0.2) is 42.5 Å². The van der Waals surface area contributed by atoms with E-state index >= 15 is 0 Å². The first-order chi connectivity index (χ1) is 12.2. The minimum absolute atomic E-state index is 0.203. The first-order valence-corrected chi connectivity index (χ1v) is 8.59. The molecule has 1 amide bonds. The van der Waals surface area contributed by atoms with Gasteiger partial charge >= 0.3 is 0 Å². The molecule has 1 aliphatic heterocycles. The summed E-state index contributed by atoms with van der Waals surface area (Å²) in [6, 6.07) is 13.2. The Morgan fingerprint density at radius 1 is 0.960 bits per heavy atom. The summed E-state index contributed by atoms with van der Waals surface area (Å²) in [4.78, 5) is 14.9. The van der Waals surface area contributed by atoms with Gasteiger partial charge in [0.1, 0.15) is 11.5 Å². The molecule has 0 spiro atoms. The lowest BCUT2D eigenvalue weighted by atomic mass is 10.1. The highest BCUT2D eigenvalue weighted by molar-refractivity contribution is 6.06. The number of ether oxygens (including phenoxy) is 2. The number of hydrogen-bond donors (Lipinski definition) is 1. The molecule has 0 saturated carbocycles. The predicted molar refractivity (Wildman–Crippen MR) is 100 cm³/mol. The number of hydrogen-bond acceptors (Lipinski definition) is 4. The number of methoxy groups -OCH3 is 2. The van der Waals surface area contributed by atoms with E-state index < -0.39 is 0 Å². The third-order valence-corrected chi connectivity index (χ3v) is 4.50. The summed E-state index contributed by atoms with van der Waals surface area (Å²) < 4.78 is 10.5. The number of rotatable bonds is 5. The molecule has 2 aromatic rings. The van der Waals surface area contributed by atoms with Gasteiger partial charge in [0.25, 0.3) is 5.91 Å². The number of amides is 1. The molecule has 1 heterocycles. The van der Waals surface area contributed by atoms with Gasteiger partial charge in [0.15, 0.2) is 0 Å². The van der Waals surface area contributed by atoms with Crippen LogP contribution >= 0.6 is 0 Å². The van der Waals surface area contributed by atoms with Crippen molar-refractivity contribution in [3.05, 3.63) is 48.0 Å². The van der Waals surface area contributed by atoms with Crippen LogP contribution in [0, 0.1) is 0 Å². The molecular formula is C20H24N2O3. The first kappa shape index (κ1) is 17.1. The second-order valence-corrected chi connectivity index (χ2v) is 6.11. The van der Waals surface area contributed by atoms with Gasteiger partial charge in [-0.15, -0.1) is 0 Å². The summed E-state index contributed by atoms with van der Waals surface area (Å²) in [5.41, 5.74) is 2.45. The SMILES string of the molecule is COc1ccc(C(=O)Nc2ccc(N3CCCCC3)cc2)c(OC)c1. The maximum atomic E-state index is 12.5. The van der Waals surface area contributed by atoms with Gasteiger partial charge in [-0.05, 0) is 55.7 Å². The van der Waals surface area contributed by atoms with Gasteiger partial charge in [0, 0.05) is 30.5 Å². The number of piperidine rings is 1. The topological polar surface area (TPSA) is 50.8 Å². The van der Waals surface area contributed by atoms with Crippen molar-refractivity contribution in [1.82, 2.24) is 0 Å². The Kier molecular flexibility index (Phi) is 5.43. The molecule has 0 aliphatic carbocycles. The van der Waals surface area contributed by atoms with Crippen molar-refractivity contribution in [2.75, 3.05) is 37.5 Å². The summed E-state index contributed by atoms with van der Waals surface area (Å²) in [6.07, 6.45) is 3.81. The lowest BCUT2D eigenvalue weighted by Crippen LogP contribution is -2.29. The number of benzene rings is 2. The lowest BCUT2D eigenvalue weighted by Gasteiger charge is -2.28. The van der Waals surface area contributed by atoms with E-state index in [4.69, 9.17) is 9.47 Å². The minimum Gasteiger partial charge on any atom is -0.497 e. The highest BCUT2D eigenvalue weighted by atomic mass is 16.5. The van der Waals surface area contributed by atoms with Crippen LogP contribution in [0.2, 0.25) is 0 Å². The first-order valence-electron chi connectivity index (χ1n) is 8.59. The Morgan fingerprint density at radius 2 is 1.68 bits per heavy atom. The van der Waals surface area contributed by atoms with Crippen LogP contribution in [0.4, 0.5) is 11.4 Å². The van der Waals surface area contributed by atoms with Crippen molar-refractivity contribution in [1.29, 1.82) is 0 Å². The summed E-state index contributed by atoms with van der Waals surface area (Å²) in [7, 11) is 3.12. The maximum Gasteiger partial charge on any atom is 0.259 e. The molecule has 0 bridgehead atoms. The molecule has 0 unspecified atom stereocenters. The van der Waals surface area contributed by atoms with Crippen molar-refractivity contribution < 1.29 is 14.3 Å². The molecule has 1 N–H and O–H groups in total. The zero-order valence-electron chi connectivity index (χ0n) is 14.7. The van der Waals surface area contributed by atoms with E-state index in [1.165, 1.54) is 24.9 Å². The van der Waals surface area contributed by atoms with Gasteiger partial charge < -0.3 is 19.7 Å². The molecule has 0 atom stereocenters. The van der Waals surface area contributed by atoms with Crippen LogP contribution in [-0.4, -0.2) is 33.2 Å². The number of anilines is 2. The number of nitrogens with zero attached hydrogens (tertiary/aromatic N) is 1. The Bertz CT molecular complexity index is 722. The number of carbonyl (C=O) groups is 1. The smallest absolute Gasteiger partial charge is 0.259 e. The Labute approximate surface area is 148 Å². The maximum absolute atomic E-state index is 12.5. The second kappa shape index (κ2) is 7.92. The molecule has 3 rings (SSSR count). The summed E-state index contributed by atoms with van der Waals surface area (Å²) >= 11 is 0. The van der Waals surface area contributed by atoms with Crippen LogP contribution < -0.4 is 19.7 Å². The van der Waals surface area contributed by atoms with E-state index in [1.807, 2.05) is 12.1 Å². The molecule has 0 radical (unpaired) electrons. The minimum atomic E-state index is -0.203. The highest BCUT2D eigenvalue weighted by Crippen LogP contribution is 2.26. The quantitative estimate of drug-likeness (QED) is 0.895. The van der Waals surface area contributed by atoms with Crippen LogP contribution in [0.25, 0.3) is 0 Å². The van der Waals surface area contributed by atoms with Gasteiger partial charge in [0.05, 0.1) is 19.8 Å². The molecule has 0 aromatic heterocycles. The monoisotopic (exact) mass is 340 g/mol. The summed E-state index contributed by atoms with van der Waals surface area (Å²) in [5, 5.41) is 2.92. The van der Waals surface area contributed by atoms with Crippen molar-refractivity contribution in [3.63, 3.8) is 0 Å². The fourth-order valence-electron chi connectivity index (χ4n) is 3.09. The third-order valence-electron chi connectivity index (χ3n) is 4.50. The molecule has 5 heteroatoms. The van der Waals surface area contributed by atoms with Crippen molar-refractivity contribution >= 4 is 17.3 Å². The molecule has 5 nitrogen and oxygen atoms in total. The fourth-order valence-corrected chi connectivity index (χ4v) is 3.09. The Balaban J connectivity index is 1.70. The van der Waals surface area contributed by atoms with Gasteiger partial charge in [-0.3, -0.25) is 4.79 Å². The number of carbonyl (C=O) groups excluding carboxylic acids is 1. The normalized spacial score (nSPS) is 14.1. The largest absolute Gasteiger partial charge is 0.497 e. The van der Waals surface area contributed by atoms with Crippen molar-refractivity contribution in [2.45, 2.75) is 19.3 Å². The van der Waals surface area contributed by atoms with Gasteiger partial charge in [-0.2, -0.15) is 0 Å². The van der Waals surface area contributed by atoms with Gasteiger partial charge in [0.2, 0.25) is 0 Å². The molecule has 1 aliphatic rings. The molecule has 2 aromatic carbocycles. The Hall–Kier alpha value is -2.69. The van der Waals surface area contributed by atoms with E-state index in [2.05, 4.69) is 22.3 Å². The Morgan fingerprint density at radius 3 is 2.32 bits per heavy atom. The summed E-state index contributed by atoms with van der Waals surface area (Å²) in [5.74, 6) is 0.936. The third kappa shape index (κ3) is 4.05.